The van der Waals surface area contributed by atoms with Crippen molar-refractivity contribution in [3.63, 3.8) is 0 Å². The minimum Gasteiger partial charge on any atom is -0.454 e. The molecule has 29 heavy (non-hydrogen) atoms. The van der Waals surface area contributed by atoms with E-state index in [1.807, 2.05) is 0 Å². The Labute approximate surface area is 173 Å². The zero-order chi connectivity index (χ0) is 20.8. The maximum absolute atomic E-state index is 12.8. The van der Waals surface area contributed by atoms with Crippen LogP contribution in [0.15, 0.2) is 39.1 Å². The van der Waals surface area contributed by atoms with Crippen LogP contribution in [0.1, 0.15) is 27.0 Å². The number of carbonyl (C=O) groups excluding carboxylic acids is 1. The van der Waals surface area contributed by atoms with E-state index in [0.717, 1.165) is 11.3 Å². The third kappa shape index (κ3) is 3.57. The minimum atomic E-state index is -4.21. The highest BCUT2D eigenvalue weighted by Crippen LogP contribution is 2.36. The number of nitrogens with one attached hydrogen (secondary N) is 1. The third-order valence-corrected chi connectivity index (χ3v) is 7.00. The fourth-order valence-corrected chi connectivity index (χ4v) is 5.22. The number of halogens is 1. The van der Waals surface area contributed by atoms with Gasteiger partial charge < -0.3 is 19.1 Å². The summed E-state index contributed by atoms with van der Waals surface area (Å²) in [6.45, 7) is 1.59. The Morgan fingerprint density at radius 1 is 1.31 bits per heavy atom. The van der Waals surface area contributed by atoms with Gasteiger partial charge in [0.2, 0.25) is 12.6 Å². The normalized spacial score (nSPS) is 14.0. The number of aromatic nitrogens is 1. The number of nitrogens with zero attached hydrogens (tertiary/aromatic N) is 1. The number of ether oxygens (including phenoxy) is 2. The van der Waals surface area contributed by atoms with E-state index < -0.39 is 21.9 Å². The Balaban J connectivity index is 1.62. The van der Waals surface area contributed by atoms with Gasteiger partial charge in [-0.3, -0.25) is 4.79 Å². The van der Waals surface area contributed by atoms with Crippen molar-refractivity contribution in [3.8, 4) is 11.5 Å². The summed E-state index contributed by atoms with van der Waals surface area (Å²) >= 11 is 6.83. The number of aliphatic hydroxyl groups is 1. The van der Waals surface area contributed by atoms with E-state index in [4.69, 9.17) is 25.6 Å². The molecular weight excluding hydrogens is 444 g/mol. The molecule has 1 aliphatic rings. The molecule has 1 unspecified atom stereocenters. The van der Waals surface area contributed by atoms with Crippen LogP contribution in [0.3, 0.4) is 0 Å². The lowest BCUT2D eigenvalue weighted by Crippen LogP contribution is -2.18. The molecule has 0 fully saturated rings. The molecule has 2 aromatic heterocycles. The molecule has 1 aliphatic heterocycles. The highest BCUT2D eigenvalue weighted by atomic mass is 35.5. The first-order valence-corrected chi connectivity index (χ1v) is 10.9. The molecule has 3 aromatic rings. The van der Waals surface area contributed by atoms with Crippen LogP contribution >= 0.6 is 22.9 Å². The molecule has 152 valence electrons. The minimum absolute atomic E-state index is 0.0112. The number of benzene rings is 1. The molecule has 0 saturated carbocycles. The SMILES string of the molecule is Cc1noc(NS(=O)(=O)c2ccsc2C(=O)C(O)c2ccc3c(c2)OCO3)c1Cl. The lowest BCUT2D eigenvalue weighted by molar-refractivity contribution is 0.0748. The van der Waals surface area contributed by atoms with Crippen LogP contribution in [0.5, 0.6) is 11.5 Å². The summed E-state index contributed by atoms with van der Waals surface area (Å²) in [6, 6.07) is 5.80. The van der Waals surface area contributed by atoms with Gasteiger partial charge in [-0.1, -0.05) is 22.8 Å². The second-order valence-corrected chi connectivity index (χ2v) is 8.95. The molecule has 4 rings (SSSR count). The van der Waals surface area contributed by atoms with E-state index >= 15 is 0 Å². The summed E-state index contributed by atoms with van der Waals surface area (Å²) in [5.41, 5.74) is 0.557. The molecule has 0 amide bonds. The Kier molecular flexibility index (Phi) is 4.99. The number of hydrogen-bond acceptors (Lipinski definition) is 9. The molecule has 0 bridgehead atoms. The number of aliphatic hydroxyl groups excluding tert-OH is 1. The van der Waals surface area contributed by atoms with Gasteiger partial charge in [0.1, 0.15) is 21.7 Å². The van der Waals surface area contributed by atoms with Crippen LogP contribution in [0.4, 0.5) is 5.88 Å². The standard InChI is InChI=1S/C17H13ClN2O7S2/c1-8-13(18)17(27-19-8)20-29(23,24)12-4-5-28-16(12)15(22)14(21)9-2-3-10-11(6-9)26-7-25-10/h2-6,14,20-21H,7H2,1H3. The summed E-state index contributed by atoms with van der Waals surface area (Å²) in [4.78, 5) is 12.4. The van der Waals surface area contributed by atoms with Crippen LogP contribution in [0.25, 0.3) is 0 Å². The number of anilines is 1. The number of rotatable bonds is 6. The zero-order valence-corrected chi connectivity index (χ0v) is 17.1. The van der Waals surface area contributed by atoms with Gasteiger partial charge in [-0.05, 0) is 36.1 Å². The summed E-state index contributed by atoms with van der Waals surface area (Å²) in [7, 11) is -4.21. The maximum Gasteiger partial charge on any atom is 0.265 e. The molecule has 2 N–H and O–H groups in total. The van der Waals surface area contributed by atoms with E-state index in [1.165, 1.54) is 23.6 Å². The predicted octanol–water partition coefficient (Wildman–Crippen LogP) is 3.14. The quantitative estimate of drug-likeness (QED) is 0.541. The fourth-order valence-electron chi connectivity index (χ4n) is 2.65. The highest BCUT2D eigenvalue weighted by molar-refractivity contribution is 7.93. The van der Waals surface area contributed by atoms with Crippen molar-refractivity contribution < 1.29 is 32.3 Å². The van der Waals surface area contributed by atoms with Gasteiger partial charge in [0, 0.05) is 0 Å². The predicted molar refractivity (Wildman–Crippen MR) is 103 cm³/mol. The number of carbonyl (C=O) groups is 1. The van der Waals surface area contributed by atoms with E-state index in [1.54, 1.807) is 13.0 Å². The monoisotopic (exact) mass is 456 g/mol. The highest BCUT2D eigenvalue weighted by Gasteiger charge is 2.31. The van der Waals surface area contributed by atoms with Crippen molar-refractivity contribution in [2.24, 2.45) is 0 Å². The molecule has 1 aromatic carbocycles. The Hall–Kier alpha value is -2.60. The third-order valence-electron chi connectivity index (χ3n) is 4.12. The summed E-state index contributed by atoms with van der Waals surface area (Å²) < 4.78 is 42.9. The van der Waals surface area contributed by atoms with Crippen LogP contribution in [-0.2, 0) is 10.0 Å². The van der Waals surface area contributed by atoms with Gasteiger partial charge in [0.15, 0.2) is 11.5 Å². The van der Waals surface area contributed by atoms with Crippen molar-refractivity contribution >= 4 is 44.6 Å². The second kappa shape index (κ2) is 7.34. The molecule has 0 aliphatic carbocycles. The van der Waals surface area contributed by atoms with Crippen LogP contribution in [0.2, 0.25) is 5.02 Å². The smallest absolute Gasteiger partial charge is 0.265 e. The number of thiophene rings is 1. The van der Waals surface area contributed by atoms with Gasteiger partial charge in [0.25, 0.3) is 15.9 Å². The Bertz CT molecular complexity index is 1200. The number of fused-ring (bicyclic) bond motifs is 1. The first-order chi connectivity index (χ1) is 13.8. The number of sulfonamides is 1. The van der Waals surface area contributed by atoms with E-state index in [2.05, 4.69) is 9.88 Å². The fraction of sp³-hybridized carbons (Fsp3) is 0.176. The zero-order valence-electron chi connectivity index (χ0n) is 14.7. The van der Waals surface area contributed by atoms with Crippen molar-refractivity contribution in [2.45, 2.75) is 17.9 Å². The van der Waals surface area contributed by atoms with E-state index in [9.17, 15) is 18.3 Å². The van der Waals surface area contributed by atoms with E-state index in [-0.39, 0.29) is 33.0 Å². The molecular formula is C17H13ClN2O7S2. The van der Waals surface area contributed by atoms with Crippen LogP contribution in [-0.4, -0.2) is 31.3 Å². The van der Waals surface area contributed by atoms with Crippen LogP contribution in [0, 0.1) is 6.92 Å². The molecule has 0 spiro atoms. The molecule has 12 heteroatoms. The maximum atomic E-state index is 12.8. The summed E-state index contributed by atoms with van der Waals surface area (Å²) in [6.07, 6.45) is -1.59. The molecule has 3 heterocycles. The molecule has 0 saturated heterocycles. The van der Waals surface area contributed by atoms with Gasteiger partial charge in [0.05, 0.1) is 4.88 Å². The lowest BCUT2D eigenvalue weighted by atomic mass is 10.0. The summed E-state index contributed by atoms with van der Waals surface area (Å²) in [5, 5.41) is 15.5. The number of ketones is 1. The van der Waals surface area contributed by atoms with Crippen molar-refractivity contribution in [2.75, 3.05) is 11.5 Å². The van der Waals surface area contributed by atoms with Gasteiger partial charge >= 0.3 is 0 Å². The molecule has 1 atom stereocenters. The Morgan fingerprint density at radius 2 is 2.07 bits per heavy atom. The topological polar surface area (TPSA) is 128 Å². The van der Waals surface area contributed by atoms with Crippen molar-refractivity contribution in [1.29, 1.82) is 0 Å². The van der Waals surface area contributed by atoms with Crippen molar-refractivity contribution in [3.05, 3.63) is 50.8 Å². The average molecular weight is 457 g/mol. The number of aryl methyl sites for hydroxylation is 1. The Morgan fingerprint density at radius 3 is 2.79 bits per heavy atom. The second-order valence-electron chi connectivity index (χ2n) is 6.01. The lowest BCUT2D eigenvalue weighted by Gasteiger charge is -2.11. The molecule has 0 radical (unpaired) electrons. The van der Waals surface area contributed by atoms with Gasteiger partial charge in [-0.15, -0.1) is 11.3 Å². The number of Topliss-reactive ketones (excluding diaryl/α,β-unsaturated/α-hetero) is 1. The van der Waals surface area contributed by atoms with Gasteiger partial charge in [-0.2, -0.15) is 0 Å². The van der Waals surface area contributed by atoms with Gasteiger partial charge in [-0.25, -0.2) is 13.1 Å². The van der Waals surface area contributed by atoms with E-state index in [0.29, 0.717) is 17.2 Å². The molecule has 9 nitrogen and oxygen atoms in total. The average Bonchev–Trinajstić information content (AvgIpc) is 3.43. The van der Waals surface area contributed by atoms with Crippen LogP contribution < -0.4 is 14.2 Å². The first-order valence-electron chi connectivity index (χ1n) is 8.12. The largest absolute Gasteiger partial charge is 0.454 e. The number of hydrogen-bond donors (Lipinski definition) is 2. The summed E-state index contributed by atoms with van der Waals surface area (Å²) in [5.74, 6) is -0.147. The van der Waals surface area contributed by atoms with Crippen molar-refractivity contribution in [1.82, 2.24) is 5.16 Å². The first kappa shape index (κ1) is 19.7.